The Morgan fingerprint density at radius 1 is 1.09 bits per heavy atom. The average Bonchev–Trinajstić information content (AvgIpc) is 3.98. The summed E-state index contributed by atoms with van der Waals surface area (Å²) in [5.74, 6) is 0.0338. The zero-order valence-electron chi connectivity index (χ0n) is 24.0. The molecule has 1 unspecified atom stereocenters. The van der Waals surface area contributed by atoms with Crippen molar-refractivity contribution >= 4 is 30.1 Å². The number of nitriles is 1. The van der Waals surface area contributed by atoms with Gasteiger partial charge in [-0.2, -0.15) is 5.26 Å². The van der Waals surface area contributed by atoms with E-state index < -0.39 is 5.44 Å². The Labute approximate surface area is 251 Å². The molecule has 212 valence electrons. The van der Waals surface area contributed by atoms with E-state index in [9.17, 15) is 9.65 Å². The maximum atomic E-state index is 14.0. The fourth-order valence-corrected chi connectivity index (χ4v) is 5.83. The minimum absolute atomic E-state index is 0.00478. The second-order valence-corrected chi connectivity index (χ2v) is 11.7. The Kier molecular flexibility index (Phi) is 6.85. The van der Waals surface area contributed by atoms with Crippen LogP contribution >= 0.6 is 0 Å². The first-order chi connectivity index (χ1) is 21.0. The predicted molar refractivity (Wildman–Crippen MR) is 166 cm³/mol. The molecule has 0 saturated heterocycles. The lowest BCUT2D eigenvalue weighted by Crippen LogP contribution is -2.38. The second kappa shape index (κ2) is 10.8. The minimum Gasteiger partial charge on any atom is -0.378 e. The van der Waals surface area contributed by atoms with Crippen molar-refractivity contribution in [3.63, 3.8) is 0 Å². The molecule has 2 heterocycles. The zero-order chi connectivity index (χ0) is 29.6. The molecule has 0 spiro atoms. The Morgan fingerprint density at radius 3 is 2.53 bits per heavy atom. The van der Waals surface area contributed by atoms with Gasteiger partial charge in [0.2, 0.25) is 0 Å². The summed E-state index contributed by atoms with van der Waals surface area (Å²) in [4.78, 5) is 4.78. The molecule has 2 saturated carbocycles. The molecular formula is C34H31BFN7. The number of fused-ring (bicyclic) bond motifs is 1. The summed E-state index contributed by atoms with van der Waals surface area (Å²) in [5, 5.41) is 27.1. The number of hydrogen-bond acceptors (Lipinski definition) is 6. The molecule has 2 atom stereocenters. The van der Waals surface area contributed by atoms with E-state index in [0.29, 0.717) is 28.8 Å². The highest BCUT2D eigenvalue weighted by Crippen LogP contribution is 2.46. The summed E-state index contributed by atoms with van der Waals surface area (Å²) in [6.07, 6.45) is 8.66. The topological polar surface area (TPSA) is 91.5 Å². The third-order valence-electron chi connectivity index (χ3n) is 8.54. The second-order valence-electron chi connectivity index (χ2n) is 11.7. The van der Waals surface area contributed by atoms with Gasteiger partial charge in [0.15, 0.2) is 0 Å². The van der Waals surface area contributed by atoms with Crippen LogP contribution in [0.2, 0.25) is 0 Å². The molecule has 9 heteroatoms. The molecule has 2 aliphatic carbocycles. The number of rotatable bonds is 10. The van der Waals surface area contributed by atoms with E-state index >= 15 is 0 Å². The Balaban J connectivity index is 1.37. The number of nitrogens with zero attached hydrogens (tertiary/aromatic N) is 5. The highest BCUT2D eigenvalue weighted by Gasteiger charge is 2.35. The highest BCUT2D eigenvalue weighted by molar-refractivity contribution is 6.19. The molecule has 2 aromatic heterocycles. The van der Waals surface area contributed by atoms with Gasteiger partial charge in [-0.1, -0.05) is 54.6 Å². The van der Waals surface area contributed by atoms with E-state index in [1.165, 1.54) is 12.1 Å². The molecular weight excluding hydrogens is 536 g/mol. The number of benzene rings is 3. The maximum absolute atomic E-state index is 14.0. The van der Waals surface area contributed by atoms with Gasteiger partial charge in [0, 0.05) is 17.3 Å². The molecule has 0 bridgehead atoms. The van der Waals surface area contributed by atoms with Gasteiger partial charge >= 0.3 is 0 Å². The highest BCUT2D eigenvalue weighted by atomic mass is 19.1. The van der Waals surface area contributed by atoms with Gasteiger partial charge in [-0.15, -0.1) is 5.10 Å². The summed E-state index contributed by atoms with van der Waals surface area (Å²) >= 11 is 0. The fourth-order valence-electron chi connectivity index (χ4n) is 5.83. The van der Waals surface area contributed by atoms with Gasteiger partial charge < -0.3 is 10.6 Å². The summed E-state index contributed by atoms with van der Waals surface area (Å²) < 4.78 is 15.8. The molecule has 0 amide bonds. The smallest absolute Gasteiger partial charge is 0.123 e. The molecule has 2 aliphatic rings. The van der Waals surface area contributed by atoms with Crippen molar-refractivity contribution in [2.75, 3.05) is 10.6 Å². The number of aromatic nitrogens is 4. The van der Waals surface area contributed by atoms with Gasteiger partial charge in [-0.3, -0.25) is 4.98 Å². The third-order valence-corrected chi connectivity index (χ3v) is 8.54. The van der Waals surface area contributed by atoms with E-state index in [4.69, 9.17) is 12.8 Å². The van der Waals surface area contributed by atoms with Crippen LogP contribution < -0.4 is 10.6 Å². The lowest BCUT2D eigenvalue weighted by Gasteiger charge is -2.32. The third kappa shape index (κ3) is 5.23. The van der Waals surface area contributed by atoms with Crippen LogP contribution in [0, 0.1) is 17.1 Å². The van der Waals surface area contributed by atoms with Crippen molar-refractivity contribution < 1.29 is 4.39 Å². The lowest BCUT2D eigenvalue weighted by atomic mass is 9.69. The Bertz CT molecular complexity index is 1820. The minimum atomic E-state index is -1.29. The van der Waals surface area contributed by atoms with Crippen LogP contribution in [0.15, 0.2) is 79.1 Å². The number of anilines is 2. The predicted octanol–water partition coefficient (Wildman–Crippen LogP) is 7.09. The number of pyridine rings is 1. The van der Waals surface area contributed by atoms with Crippen LogP contribution in [0.1, 0.15) is 85.0 Å². The lowest BCUT2D eigenvalue weighted by molar-refractivity contribution is 0.610. The number of nitrogens with one attached hydrogen (secondary N) is 2. The van der Waals surface area contributed by atoms with Crippen LogP contribution in [0.25, 0.3) is 10.9 Å². The molecule has 7 rings (SSSR count). The Hall–Kier alpha value is -4.71. The van der Waals surface area contributed by atoms with Crippen molar-refractivity contribution in [3.8, 4) is 6.07 Å². The fraction of sp³-hybridized carbons (Fsp3) is 0.294. The summed E-state index contributed by atoms with van der Waals surface area (Å²) in [7, 11) is 7.18. The molecule has 5 aromatic rings. The van der Waals surface area contributed by atoms with Crippen LogP contribution in [0.3, 0.4) is 0 Å². The van der Waals surface area contributed by atoms with Crippen LogP contribution in [-0.2, 0) is 5.44 Å². The monoisotopic (exact) mass is 567 g/mol. The largest absolute Gasteiger partial charge is 0.378 e. The Morgan fingerprint density at radius 2 is 1.86 bits per heavy atom. The maximum Gasteiger partial charge on any atom is 0.123 e. The van der Waals surface area contributed by atoms with E-state index in [2.05, 4.69) is 52.1 Å². The number of hydrogen-bond donors (Lipinski definition) is 2. The number of halogens is 1. The summed E-state index contributed by atoms with van der Waals surface area (Å²) in [5.41, 5.74) is 5.02. The average molecular weight is 567 g/mol. The van der Waals surface area contributed by atoms with E-state index in [-0.39, 0.29) is 11.9 Å². The first kappa shape index (κ1) is 27.1. The molecule has 2 fully saturated rings. The molecule has 7 nitrogen and oxygen atoms in total. The quantitative estimate of drug-likeness (QED) is 0.175. The van der Waals surface area contributed by atoms with Crippen molar-refractivity contribution in [1.82, 2.24) is 20.0 Å². The van der Waals surface area contributed by atoms with Crippen molar-refractivity contribution in [2.24, 2.45) is 0 Å². The van der Waals surface area contributed by atoms with Gasteiger partial charge in [0.25, 0.3) is 0 Å². The van der Waals surface area contributed by atoms with E-state index in [1.807, 2.05) is 35.1 Å². The first-order valence-corrected chi connectivity index (χ1v) is 14.9. The zero-order valence-corrected chi connectivity index (χ0v) is 24.0. The van der Waals surface area contributed by atoms with Crippen LogP contribution in [-0.4, -0.2) is 27.8 Å². The van der Waals surface area contributed by atoms with Gasteiger partial charge in [-0.05, 0) is 79.0 Å². The van der Waals surface area contributed by atoms with Crippen molar-refractivity contribution in [2.45, 2.75) is 62.5 Å². The van der Waals surface area contributed by atoms with E-state index in [0.717, 1.165) is 65.5 Å². The van der Waals surface area contributed by atoms with Gasteiger partial charge in [0.1, 0.15) is 25.4 Å². The standard InChI is InChI=1S/C34H31BFN7/c1-2-30(22-6-4-3-5-7-22)39-32-23(18-37)19-38-33-28(21-8-9-21)16-26(17-29(32)33)40-34(35,24-10-12-25(36)13-11-24)31-20-43(42-41-31)27-14-15-27/h3-7,10-13,16-17,19-21,27,30,40H,2,8-9,14-15H2,1H3,(H,38,39)/t30-,34?/m1/s1. The summed E-state index contributed by atoms with van der Waals surface area (Å²) in [6.45, 7) is 2.13. The van der Waals surface area contributed by atoms with Gasteiger partial charge in [-0.25, -0.2) is 9.07 Å². The van der Waals surface area contributed by atoms with Crippen LogP contribution in [0.5, 0.6) is 0 Å². The molecule has 0 aliphatic heterocycles. The summed E-state index contributed by atoms with van der Waals surface area (Å²) in [6, 6.07) is 23.2. The molecule has 2 N–H and O–H groups in total. The molecule has 43 heavy (non-hydrogen) atoms. The van der Waals surface area contributed by atoms with Crippen molar-refractivity contribution in [3.05, 3.63) is 113 Å². The molecule has 2 radical (unpaired) electrons. The van der Waals surface area contributed by atoms with Crippen molar-refractivity contribution in [1.29, 1.82) is 5.26 Å². The van der Waals surface area contributed by atoms with Crippen LogP contribution in [0.4, 0.5) is 15.8 Å². The first-order valence-electron chi connectivity index (χ1n) is 14.9. The van der Waals surface area contributed by atoms with E-state index in [1.54, 1.807) is 18.3 Å². The SMILES string of the molecule is [B]C(Nc1cc(C2CC2)c2ncc(C#N)c(N[C@H](CC)c3ccccc3)c2c1)(c1ccc(F)cc1)c1cn(C2CC2)nn1. The van der Waals surface area contributed by atoms with Gasteiger partial charge in [0.05, 0.1) is 40.5 Å². The molecule has 3 aromatic carbocycles. The normalized spacial score (nSPS) is 16.8.